The van der Waals surface area contributed by atoms with E-state index in [-0.39, 0.29) is 26.2 Å². The molecule has 16 heteroatoms. The van der Waals surface area contributed by atoms with E-state index in [1.54, 1.807) is 7.05 Å². The van der Waals surface area contributed by atoms with Gasteiger partial charge in [-0.25, -0.2) is 0 Å². The standard InChI is InChI=1S/C14H24N4O4.C6H8O7.Bi/c1-15-14(10-18(19)20)16-7-4-8-21-11-13-6-5-12(22-13)9-17(2)3;1-6(13,5(11)12)2(3(7)8)4(9)10;/h5-6,10,15-16H,4,7-9,11H2,1-3H3;2,13H,1H3,(H,7,8)(H,9,10)(H,11,12);/q;;+3/p-3. The molecule has 0 amide bonds. The predicted octanol–water partition coefficient (Wildman–Crippen LogP) is -4.64. The molecule has 0 fully saturated rings. The molecule has 0 aliphatic rings. The number of hydrogen-bond acceptors (Lipinski definition) is 14. The van der Waals surface area contributed by atoms with Crippen molar-refractivity contribution in [2.75, 3.05) is 34.3 Å². The molecule has 2 radical (unpaired) electrons. The molecule has 0 bridgehead atoms. The van der Waals surface area contributed by atoms with Crippen LogP contribution in [0.4, 0.5) is 0 Å². The zero-order valence-corrected chi connectivity index (χ0v) is 23.7. The van der Waals surface area contributed by atoms with Gasteiger partial charge < -0.3 is 59.5 Å². The van der Waals surface area contributed by atoms with Crippen LogP contribution >= 0.6 is 0 Å². The third-order valence-corrected chi connectivity index (χ3v) is 4.17. The summed E-state index contributed by atoms with van der Waals surface area (Å²) >= 11 is 0. The second-order valence-corrected chi connectivity index (χ2v) is 7.52. The molecule has 1 aromatic heterocycles. The first-order chi connectivity index (χ1) is 16.2. The van der Waals surface area contributed by atoms with Gasteiger partial charge in [-0.15, -0.1) is 0 Å². The van der Waals surface area contributed by atoms with E-state index in [0.29, 0.717) is 32.5 Å². The number of aliphatic carboxylic acids is 3. The monoisotopic (exact) mass is 710 g/mol. The molecule has 1 rings (SSSR count). The second kappa shape index (κ2) is 17.6. The van der Waals surface area contributed by atoms with Crippen molar-refractivity contribution in [1.29, 1.82) is 0 Å². The van der Waals surface area contributed by atoms with E-state index >= 15 is 0 Å². The Balaban J connectivity index is 0. The minimum Gasteiger partial charge on any atom is -0.549 e. The van der Waals surface area contributed by atoms with E-state index in [1.807, 2.05) is 31.1 Å². The quantitative estimate of drug-likeness (QED) is 0.0511. The maximum Gasteiger partial charge on any atom is 3.00 e. The molecule has 36 heavy (non-hydrogen) atoms. The van der Waals surface area contributed by atoms with E-state index in [4.69, 9.17) is 14.3 Å². The van der Waals surface area contributed by atoms with Crippen LogP contribution in [-0.2, 0) is 32.3 Å². The molecule has 1 heterocycles. The number of furan rings is 1. The van der Waals surface area contributed by atoms with Crippen molar-refractivity contribution < 1.29 is 48.9 Å². The van der Waals surface area contributed by atoms with Gasteiger partial charge in [-0.2, -0.15) is 0 Å². The SMILES string of the molecule is CC(O)(C(=O)[O-])C(C(=O)[O-])C(=O)[O-].CNC(=C[N+](=O)[O-])NCCCOCc1ccc(CN(C)C)o1.[Bi+3]. The Hall–Kier alpha value is -2.81. The normalized spacial score (nSPS) is 12.6. The summed E-state index contributed by atoms with van der Waals surface area (Å²) in [5, 5.41) is 55.2. The van der Waals surface area contributed by atoms with E-state index in [0.717, 1.165) is 30.7 Å². The second-order valence-electron chi connectivity index (χ2n) is 7.52. The number of nitrogens with one attached hydrogen (secondary N) is 2. The van der Waals surface area contributed by atoms with Crippen molar-refractivity contribution in [2.45, 2.75) is 32.1 Å². The van der Waals surface area contributed by atoms with Gasteiger partial charge in [0.05, 0.1) is 35.3 Å². The van der Waals surface area contributed by atoms with Gasteiger partial charge >= 0.3 is 26.2 Å². The van der Waals surface area contributed by atoms with Gasteiger partial charge in [0.25, 0.3) is 6.20 Å². The predicted molar refractivity (Wildman–Crippen MR) is 117 cm³/mol. The van der Waals surface area contributed by atoms with Crippen LogP contribution in [-0.4, -0.2) is 98.9 Å². The average Bonchev–Trinajstić information content (AvgIpc) is 3.15. The Morgan fingerprint density at radius 2 is 1.78 bits per heavy atom. The Bertz CT molecular complexity index is 873. The minimum atomic E-state index is -3.06. The molecule has 1 unspecified atom stereocenters. The van der Waals surface area contributed by atoms with E-state index in [9.17, 15) is 39.8 Å². The molecule has 15 nitrogen and oxygen atoms in total. The Morgan fingerprint density at radius 1 is 1.22 bits per heavy atom. The summed E-state index contributed by atoms with van der Waals surface area (Å²) in [6, 6.07) is 3.86. The maximum absolute atomic E-state index is 10.3. The van der Waals surface area contributed by atoms with Crippen LogP contribution in [0.2, 0.25) is 0 Å². The number of carbonyl (C=O) groups excluding carboxylic acids is 3. The number of nitro groups is 1. The summed E-state index contributed by atoms with van der Waals surface area (Å²) in [7, 11) is 5.60. The van der Waals surface area contributed by atoms with Crippen LogP contribution in [0, 0.1) is 16.0 Å². The van der Waals surface area contributed by atoms with Crippen LogP contribution < -0.4 is 26.0 Å². The van der Waals surface area contributed by atoms with Crippen LogP contribution in [0.1, 0.15) is 24.9 Å². The molecule has 0 aromatic carbocycles. The fourth-order valence-corrected chi connectivity index (χ4v) is 2.44. The zero-order chi connectivity index (χ0) is 27.2. The number of nitrogens with zero attached hydrogens (tertiary/aromatic N) is 2. The van der Waals surface area contributed by atoms with Crippen LogP contribution in [0.3, 0.4) is 0 Å². The molecular weight excluding hydrogens is 681 g/mol. The topological polar surface area (TPSA) is 233 Å². The average molecular weight is 710 g/mol. The number of rotatable bonds is 15. The molecule has 200 valence electrons. The zero-order valence-electron chi connectivity index (χ0n) is 20.2. The van der Waals surface area contributed by atoms with E-state index in [1.165, 1.54) is 0 Å². The Kier molecular flexibility index (Phi) is 17.3. The summed E-state index contributed by atoms with van der Waals surface area (Å²) in [5.74, 6) is -7.32. The molecule has 0 saturated heterocycles. The molecule has 0 aliphatic heterocycles. The summed E-state index contributed by atoms with van der Waals surface area (Å²) in [6.45, 7) is 2.80. The van der Waals surface area contributed by atoms with Crippen molar-refractivity contribution in [2.24, 2.45) is 5.92 Å². The Labute approximate surface area is 226 Å². The van der Waals surface area contributed by atoms with Gasteiger partial charge in [-0.3, -0.25) is 10.1 Å². The van der Waals surface area contributed by atoms with Crippen molar-refractivity contribution in [1.82, 2.24) is 15.5 Å². The van der Waals surface area contributed by atoms with Gasteiger partial charge in [0.2, 0.25) is 0 Å². The molecule has 3 N–H and O–H groups in total. The molecule has 1 aromatic rings. The first-order valence-electron chi connectivity index (χ1n) is 10.1. The molecular formula is C20H29BiN4O11. The van der Waals surface area contributed by atoms with E-state index in [2.05, 4.69) is 10.6 Å². The van der Waals surface area contributed by atoms with Crippen LogP contribution in [0.25, 0.3) is 0 Å². The number of carboxylic acids is 3. The largest absolute Gasteiger partial charge is 3.00 e. The molecule has 0 spiro atoms. The summed E-state index contributed by atoms with van der Waals surface area (Å²) in [6.07, 6.45) is 1.64. The third kappa shape index (κ3) is 13.9. The number of hydrogen-bond donors (Lipinski definition) is 3. The van der Waals surface area contributed by atoms with E-state index < -0.39 is 34.4 Å². The van der Waals surface area contributed by atoms with Crippen LogP contribution in [0.15, 0.2) is 28.6 Å². The van der Waals surface area contributed by atoms with Gasteiger partial charge in [-0.05, 0) is 39.6 Å². The molecule has 1 atom stereocenters. The first kappa shape index (κ1) is 35.4. The number of carbonyl (C=O) groups is 3. The van der Waals surface area contributed by atoms with Crippen molar-refractivity contribution in [3.05, 3.63) is 45.8 Å². The summed E-state index contributed by atoms with van der Waals surface area (Å²) < 4.78 is 11.1. The van der Waals surface area contributed by atoms with Crippen molar-refractivity contribution in [3.8, 4) is 0 Å². The fraction of sp³-hybridized carbons (Fsp3) is 0.550. The molecule has 0 saturated carbocycles. The fourth-order valence-electron chi connectivity index (χ4n) is 2.44. The summed E-state index contributed by atoms with van der Waals surface area (Å²) in [4.78, 5) is 42.2. The maximum atomic E-state index is 10.3. The number of aliphatic hydroxyl groups is 1. The molecule has 0 aliphatic carbocycles. The third-order valence-electron chi connectivity index (χ3n) is 4.17. The minimum absolute atomic E-state index is 0. The van der Waals surface area contributed by atoms with Gasteiger partial charge in [0.15, 0.2) is 5.82 Å². The van der Waals surface area contributed by atoms with Gasteiger partial charge in [0, 0.05) is 20.2 Å². The Morgan fingerprint density at radius 3 is 2.19 bits per heavy atom. The number of carboxylic acid groups (broad SMARTS) is 3. The first-order valence-corrected chi connectivity index (χ1v) is 10.1. The summed E-state index contributed by atoms with van der Waals surface area (Å²) in [5.41, 5.74) is -3.06. The van der Waals surface area contributed by atoms with Crippen molar-refractivity contribution in [3.63, 3.8) is 0 Å². The van der Waals surface area contributed by atoms with Gasteiger partial charge in [0.1, 0.15) is 23.7 Å². The smallest absolute Gasteiger partial charge is 0.549 e. The van der Waals surface area contributed by atoms with Gasteiger partial charge in [-0.1, -0.05) is 0 Å². The van der Waals surface area contributed by atoms with Crippen molar-refractivity contribution >= 4 is 44.1 Å². The number of ether oxygens (including phenoxy) is 1. The van der Waals surface area contributed by atoms with Crippen LogP contribution in [0.5, 0.6) is 0 Å².